The van der Waals surface area contributed by atoms with Gasteiger partial charge in [0.15, 0.2) is 11.5 Å². The molecule has 0 radical (unpaired) electrons. The maximum absolute atomic E-state index is 14.9. The van der Waals surface area contributed by atoms with Crippen LogP contribution in [0.1, 0.15) is 85.5 Å². The average Bonchev–Trinajstić information content (AvgIpc) is 3.60. The number of benzene rings is 1. The Bertz CT molecular complexity index is 1980. The van der Waals surface area contributed by atoms with E-state index in [-0.39, 0.29) is 42.3 Å². The first-order valence-corrected chi connectivity index (χ1v) is 18.7. The molecule has 2 bridgehead atoms. The summed E-state index contributed by atoms with van der Waals surface area (Å²) < 4.78 is 56.8. The van der Waals surface area contributed by atoms with Crippen LogP contribution in [-0.2, 0) is 21.1 Å². The SMILES string of the molecule is CC1CC2CC(C1)C(NC(=O)c1cc(C#N)c(N3CC4(CCOCC4)c4cc(OC5CCN(c6ncccn6)CC5)ccc43)nc1C(F)(F)F)(C(=O)O)C2. The molecule has 1 spiro atoms. The molecule has 12 nitrogen and oxygen atoms in total. The number of carbonyl (C=O) groups is 2. The summed E-state index contributed by atoms with van der Waals surface area (Å²) in [5.41, 5.74) is -3.28. The van der Waals surface area contributed by atoms with Gasteiger partial charge >= 0.3 is 12.1 Å². The number of nitriles is 1. The number of amides is 1. The van der Waals surface area contributed by atoms with E-state index >= 15 is 0 Å². The molecule has 4 unspecified atom stereocenters. The third-order valence-electron chi connectivity index (χ3n) is 12.3. The van der Waals surface area contributed by atoms with Crippen LogP contribution in [0.3, 0.4) is 0 Å². The lowest BCUT2D eigenvalue weighted by molar-refractivity contribution is -0.146. The number of fused-ring (bicyclic) bond motifs is 4. The number of carbonyl (C=O) groups excluding carboxylic acids is 1. The number of alkyl halides is 3. The molecular formula is C39H42F3N7O5. The molecule has 54 heavy (non-hydrogen) atoms. The molecule has 2 saturated carbocycles. The van der Waals surface area contributed by atoms with Crippen LogP contribution in [0, 0.1) is 29.1 Å². The number of ether oxygens (including phenoxy) is 2. The Labute approximate surface area is 310 Å². The molecule has 1 amide bonds. The number of hydrogen-bond acceptors (Lipinski definition) is 10. The number of aromatic nitrogens is 3. The zero-order valence-corrected chi connectivity index (χ0v) is 29.9. The first-order valence-electron chi connectivity index (χ1n) is 18.7. The molecule has 8 rings (SSSR count). The van der Waals surface area contributed by atoms with Crippen LogP contribution in [-0.4, -0.2) is 76.4 Å². The van der Waals surface area contributed by atoms with Crippen LogP contribution < -0.4 is 19.9 Å². The molecule has 15 heteroatoms. The summed E-state index contributed by atoms with van der Waals surface area (Å²) in [5, 5.41) is 23.2. The first kappa shape index (κ1) is 36.0. The minimum Gasteiger partial charge on any atom is -0.490 e. The summed E-state index contributed by atoms with van der Waals surface area (Å²) in [6, 6.07) is 10.2. The summed E-state index contributed by atoms with van der Waals surface area (Å²) in [6.07, 6.45) is 3.07. The second kappa shape index (κ2) is 13.7. The number of rotatable bonds is 7. The minimum atomic E-state index is -5.08. The molecule has 5 aliphatic rings. The second-order valence-corrected chi connectivity index (χ2v) is 15.7. The van der Waals surface area contributed by atoms with E-state index in [4.69, 9.17) is 9.47 Å². The van der Waals surface area contributed by atoms with Gasteiger partial charge in [-0.25, -0.2) is 19.7 Å². The predicted molar refractivity (Wildman–Crippen MR) is 189 cm³/mol. The fraction of sp³-hybridized carbons (Fsp3) is 0.538. The molecule has 4 fully saturated rings. The van der Waals surface area contributed by atoms with E-state index in [1.807, 2.05) is 19.1 Å². The van der Waals surface area contributed by atoms with E-state index in [0.29, 0.717) is 56.3 Å². The van der Waals surface area contributed by atoms with Gasteiger partial charge in [0.25, 0.3) is 5.91 Å². The van der Waals surface area contributed by atoms with Gasteiger partial charge in [-0.2, -0.15) is 18.4 Å². The standard InChI is InChI=1S/C39H42F3N7O5/c1-23-15-24-17-26(16-23)38(20-24,35(51)52)47-34(50)29-18-25(21-43)33(46-32(29)39(40,41)42)49-22-37(7-13-53-14-8-37)30-19-28(3-4-31(30)49)54-27-5-11-48(12-6-27)36-44-9-2-10-45-36/h2-4,9-10,18-19,23-24,26-27H,5-8,11-17,20,22H2,1H3,(H,47,50)(H,51,52). The third kappa shape index (κ3) is 6.37. The second-order valence-electron chi connectivity index (χ2n) is 15.7. The molecule has 1 aromatic carbocycles. The van der Waals surface area contributed by atoms with Gasteiger partial charge < -0.3 is 29.7 Å². The van der Waals surface area contributed by atoms with Crippen molar-refractivity contribution in [3.8, 4) is 11.8 Å². The number of hydrogen-bond donors (Lipinski definition) is 2. The highest BCUT2D eigenvalue weighted by Gasteiger charge is 2.57. The van der Waals surface area contributed by atoms with Crippen molar-refractivity contribution >= 4 is 29.3 Å². The summed E-state index contributed by atoms with van der Waals surface area (Å²) in [5.74, 6) is -1.48. The topological polar surface area (TPSA) is 154 Å². The molecule has 3 aliphatic heterocycles. The summed E-state index contributed by atoms with van der Waals surface area (Å²) in [6.45, 7) is 4.63. The smallest absolute Gasteiger partial charge is 0.434 e. The van der Waals surface area contributed by atoms with Crippen LogP contribution in [0.15, 0.2) is 42.7 Å². The third-order valence-corrected chi connectivity index (χ3v) is 12.3. The van der Waals surface area contributed by atoms with Gasteiger partial charge in [0.1, 0.15) is 23.5 Å². The van der Waals surface area contributed by atoms with Crippen molar-refractivity contribution in [3.05, 3.63) is 65.1 Å². The number of carboxylic acid groups (broad SMARTS) is 1. The molecule has 3 aromatic rings. The van der Waals surface area contributed by atoms with Gasteiger partial charge in [0.05, 0.1) is 11.1 Å². The van der Waals surface area contributed by atoms with Gasteiger partial charge in [-0.05, 0) is 92.2 Å². The molecule has 2 N–H and O–H groups in total. The fourth-order valence-corrected chi connectivity index (χ4v) is 9.78. The first-order chi connectivity index (χ1) is 25.9. The van der Waals surface area contributed by atoms with Crippen molar-refractivity contribution in [3.63, 3.8) is 0 Å². The molecule has 2 aromatic heterocycles. The van der Waals surface area contributed by atoms with Crippen molar-refractivity contribution in [2.24, 2.45) is 17.8 Å². The van der Waals surface area contributed by atoms with Crippen molar-refractivity contribution in [2.45, 2.75) is 81.5 Å². The monoisotopic (exact) mass is 745 g/mol. The number of nitrogens with zero attached hydrogens (tertiary/aromatic N) is 6. The fourth-order valence-electron chi connectivity index (χ4n) is 9.78. The number of aliphatic carboxylic acids is 1. The molecule has 4 atom stereocenters. The van der Waals surface area contributed by atoms with E-state index in [0.717, 1.165) is 44.0 Å². The lowest BCUT2D eigenvalue weighted by Gasteiger charge is -2.35. The zero-order valence-electron chi connectivity index (χ0n) is 29.9. The maximum Gasteiger partial charge on any atom is 0.434 e. The van der Waals surface area contributed by atoms with Crippen LogP contribution in [0.25, 0.3) is 0 Å². The van der Waals surface area contributed by atoms with Crippen LogP contribution in [0.5, 0.6) is 5.75 Å². The average molecular weight is 746 g/mol. The molecule has 2 saturated heterocycles. The Morgan fingerprint density at radius 1 is 1.09 bits per heavy atom. The van der Waals surface area contributed by atoms with Crippen molar-refractivity contribution in [1.29, 1.82) is 5.26 Å². The van der Waals surface area contributed by atoms with Gasteiger partial charge in [-0.1, -0.05) is 6.92 Å². The lowest BCUT2D eigenvalue weighted by atomic mass is 9.76. The predicted octanol–water partition coefficient (Wildman–Crippen LogP) is 6.02. The highest BCUT2D eigenvalue weighted by Crippen LogP contribution is 2.53. The van der Waals surface area contributed by atoms with E-state index in [1.165, 1.54) is 0 Å². The highest BCUT2D eigenvalue weighted by atomic mass is 19.4. The Hall–Kier alpha value is -4.97. The molecule has 5 heterocycles. The molecular weight excluding hydrogens is 703 g/mol. The number of anilines is 3. The Balaban J connectivity index is 1.10. The Morgan fingerprint density at radius 3 is 2.52 bits per heavy atom. The number of carboxylic acids is 1. The minimum absolute atomic E-state index is 0.0498. The van der Waals surface area contributed by atoms with Crippen LogP contribution in [0.4, 0.5) is 30.6 Å². The number of nitrogens with one attached hydrogen (secondary N) is 1. The zero-order chi connectivity index (χ0) is 37.8. The van der Waals surface area contributed by atoms with Gasteiger partial charge in [0.2, 0.25) is 5.95 Å². The summed E-state index contributed by atoms with van der Waals surface area (Å²) in [7, 11) is 0. The number of halogens is 3. The van der Waals surface area contributed by atoms with Crippen molar-refractivity contribution < 1.29 is 37.3 Å². The van der Waals surface area contributed by atoms with Gasteiger partial charge in [0, 0.05) is 69.2 Å². The summed E-state index contributed by atoms with van der Waals surface area (Å²) in [4.78, 5) is 43.0. The van der Waals surface area contributed by atoms with Gasteiger partial charge in [-0.15, -0.1) is 0 Å². The van der Waals surface area contributed by atoms with E-state index in [9.17, 15) is 33.1 Å². The maximum atomic E-state index is 14.9. The Morgan fingerprint density at radius 2 is 1.83 bits per heavy atom. The lowest BCUT2D eigenvalue weighted by Crippen LogP contribution is -2.57. The molecule has 284 valence electrons. The van der Waals surface area contributed by atoms with Crippen molar-refractivity contribution in [2.75, 3.05) is 42.6 Å². The molecule has 2 aliphatic carbocycles. The number of pyridine rings is 1. The van der Waals surface area contributed by atoms with Crippen molar-refractivity contribution in [1.82, 2.24) is 20.3 Å². The van der Waals surface area contributed by atoms with Crippen LogP contribution in [0.2, 0.25) is 0 Å². The van der Waals surface area contributed by atoms with Crippen LogP contribution >= 0.6 is 0 Å². The quantitative estimate of drug-likeness (QED) is 0.292. The van der Waals surface area contributed by atoms with E-state index < -0.39 is 46.2 Å². The summed E-state index contributed by atoms with van der Waals surface area (Å²) >= 11 is 0. The van der Waals surface area contributed by atoms with E-state index in [1.54, 1.807) is 35.5 Å². The normalized spacial score (nSPS) is 26.3. The Kier molecular flexibility index (Phi) is 9.15. The van der Waals surface area contributed by atoms with Gasteiger partial charge in [-0.3, -0.25) is 4.79 Å². The van der Waals surface area contributed by atoms with E-state index in [2.05, 4.69) is 25.2 Å². The highest BCUT2D eigenvalue weighted by molar-refractivity contribution is 6.00. The number of piperidine rings is 1. The largest absolute Gasteiger partial charge is 0.490 e.